The fraction of sp³-hybridized carbons (Fsp3) is 0.167. The van der Waals surface area contributed by atoms with E-state index in [0.29, 0.717) is 29.0 Å². The van der Waals surface area contributed by atoms with E-state index in [1.54, 1.807) is 55.5 Å². The molecule has 0 aliphatic carbocycles. The number of anilines is 3. The first-order valence-corrected chi connectivity index (χ1v) is 7.57. The van der Waals surface area contributed by atoms with Crippen molar-refractivity contribution in [2.24, 2.45) is 0 Å². The zero-order chi connectivity index (χ0) is 17.5. The lowest BCUT2D eigenvalue weighted by Crippen LogP contribution is -2.13. The third-order valence-corrected chi connectivity index (χ3v) is 3.19. The van der Waals surface area contributed by atoms with Crippen LogP contribution in [0.4, 0.5) is 17.1 Å². The van der Waals surface area contributed by atoms with Crippen molar-refractivity contribution in [1.82, 2.24) is 0 Å². The van der Waals surface area contributed by atoms with Crippen LogP contribution >= 0.6 is 0 Å². The van der Waals surface area contributed by atoms with E-state index >= 15 is 0 Å². The van der Waals surface area contributed by atoms with E-state index in [9.17, 15) is 14.4 Å². The summed E-state index contributed by atoms with van der Waals surface area (Å²) in [4.78, 5) is 34.7. The first kappa shape index (κ1) is 17.2. The molecule has 124 valence electrons. The van der Waals surface area contributed by atoms with Gasteiger partial charge in [0.1, 0.15) is 0 Å². The van der Waals surface area contributed by atoms with Gasteiger partial charge in [-0.25, -0.2) is 0 Å². The molecule has 2 aromatic rings. The smallest absolute Gasteiger partial charge is 0.255 e. The minimum absolute atomic E-state index is 0.0815. The van der Waals surface area contributed by atoms with Gasteiger partial charge in [0.05, 0.1) is 0 Å². The average Bonchev–Trinajstić information content (AvgIpc) is 2.55. The van der Waals surface area contributed by atoms with E-state index in [0.717, 1.165) is 0 Å². The van der Waals surface area contributed by atoms with E-state index in [1.165, 1.54) is 6.92 Å². The Balaban J connectivity index is 2.04. The maximum atomic E-state index is 12.3. The second kappa shape index (κ2) is 7.92. The highest BCUT2D eigenvalue weighted by Gasteiger charge is 2.07. The Hall–Kier alpha value is -3.15. The van der Waals surface area contributed by atoms with Gasteiger partial charge in [-0.1, -0.05) is 13.0 Å². The first-order chi connectivity index (χ1) is 11.5. The topological polar surface area (TPSA) is 87.3 Å². The molecule has 0 aromatic heterocycles. The fourth-order valence-electron chi connectivity index (χ4n) is 2.04. The molecule has 0 saturated heterocycles. The number of carbonyl (C=O) groups is 3. The summed E-state index contributed by atoms with van der Waals surface area (Å²) in [5, 5.41) is 8.15. The Labute approximate surface area is 140 Å². The summed E-state index contributed by atoms with van der Waals surface area (Å²) < 4.78 is 0. The Morgan fingerprint density at radius 3 is 2.04 bits per heavy atom. The summed E-state index contributed by atoms with van der Waals surface area (Å²) in [7, 11) is 0. The number of hydrogen-bond donors (Lipinski definition) is 3. The molecule has 0 bridgehead atoms. The standard InChI is InChI=1S/C18H19N3O3/c1-3-17(23)20-14-9-7-13(8-10-14)18(24)21-16-6-4-5-15(11-16)19-12(2)22/h4-11H,3H2,1-2H3,(H,19,22)(H,20,23)(H,21,24). The van der Waals surface area contributed by atoms with Gasteiger partial charge in [0.2, 0.25) is 11.8 Å². The Morgan fingerprint density at radius 1 is 0.833 bits per heavy atom. The summed E-state index contributed by atoms with van der Waals surface area (Å²) >= 11 is 0. The average molecular weight is 325 g/mol. The maximum absolute atomic E-state index is 12.3. The third kappa shape index (κ3) is 4.95. The van der Waals surface area contributed by atoms with Crippen LogP contribution in [-0.2, 0) is 9.59 Å². The molecular weight excluding hydrogens is 306 g/mol. The van der Waals surface area contributed by atoms with Crippen LogP contribution in [0.5, 0.6) is 0 Å². The molecule has 2 rings (SSSR count). The molecule has 6 heteroatoms. The van der Waals surface area contributed by atoms with Crippen molar-refractivity contribution in [3.63, 3.8) is 0 Å². The summed E-state index contributed by atoms with van der Waals surface area (Å²) in [6, 6.07) is 13.5. The van der Waals surface area contributed by atoms with E-state index in [-0.39, 0.29) is 17.7 Å². The Bertz CT molecular complexity index is 754. The van der Waals surface area contributed by atoms with Gasteiger partial charge < -0.3 is 16.0 Å². The summed E-state index contributed by atoms with van der Waals surface area (Å²) in [5.41, 5.74) is 2.30. The minimum Gasteiger partial charge on any atom is -0.326 e. The lowest BCUT2D eigenvalue weighted by Gasteiger charge is -2.09. The van der Waals surface area contributed by atoms with Gasteiger partial charge in [-0.15, -0.1) is 0 Å². The van der Waals surface area contributed by atoms with Gasteiger partial charge in [-0.2, -0.15) is 0 Å². The first-order valence-electron chi connectivity index (χ1n) is 7.57. The maximum Gasteiger partial charge on any atom is 0.255 e. The molecule has 0 aliphatic heterocycles. The Morgan fingerprint density at radius 2 is 1.46 bits per heavy atom. The predicted molar refractivity (Wildman–Crippen MR) is 94.1 cm³/mol. The van der Waals surface area contributed by atoms with Gasteiger partial charge in [0, 0.05) is 36.0 Å². The van der Waals surface area contributed by atoms with Crippen LogP contribution in [-0.4, -0.2) is 17.7 Å². The number of amides is 3. The molecule has 0 aliphatic rings. The van der Waals surface area contributed by atoms with E-state index < -0.39 is 0 Å². The lowest BCUT2D eigenvalue weighted by molar-refractivity contribution is -0.116. The largest absolute Gasteiger partial charge is 0.326 e. The van der Waals surface area contributed by atoms with Crippen LogP contribution < -0.4 is 16.0 Å². The van der Waals surface area contributed by atoms with Crippen molar-refractivity contribution in [2.45, 2.75) is 20.3 Å². The highest BCUT2D eigenvalue weighted by Crippen LogP contribution is 2.17. The van der Waals surface area contributed by atoms with Crippen LogP contribution in [0.1, 0.15) is 30.6 Å². The summed E-state index contributed by atoms with van der Waals surface area (Å²) in [5.74, 6) is -0.534. The molecule has 24 heavy (non-hydrogen) atoms. The number of hydrogen-bond acceptors (Lipinski definition) is 3. The second-order valence-corrected chi connectivity index (χ2v) is 5.20. The highest BCUT2D eigenvalue weighted by molar-refractivity contribution is 6.05. The SMILES string of the molecule is CCC(=O)Nc1ccc(C(=O)Nc2cccc(NC(C)=O)c2)cc1. The Kier molecular flexibility index (Phi) is 5.68. The molecule has 2 aromatic carbocycles. The molecule has 0 heterocycles. The zero-order valence-corrected chi connectivity index (χ0v) is 13.6. The highest BCUT2D eigenvalue weighted by atomic mass is 16.2. The summed E-state index contributed by atoms with van der Waals surface area (Å²) in [6.45, 7) is 3.19. The van der Waals surface area contributed by atoms with Crippen molar-refractivity contribution in [2.75, 3.05) is 16.0 Å². The molecule has 6 nitrogen and oxygen atoms in total. The monoisotopic (exact) mass is 325 g/mol. The van der Waals surface area contributed by atoms with E-state index in [1.807, 2.05) is 0 Å². The van der Waals surface area contributed by atoms with Gasteiger partial charge in [0.15, 0.2) is 0 Å². The van der Waals surface area contributed by atoms with Gasteiger partial charge in [-0.05, 0) is 42.5 Å². The van der Waals surface area contributed by atoms with E-state index in [4.69, 9.17) is 0 Å². The van der Waals surface area contributed by atoms with Crippen LogP contribution in [0, 0.1) is 0 Å². The van der Waals surface area contributed by atoms with Crippen molar-refractivity contribution in [1.29, 1.82) is 0 Å². The van der Waals surface area contributed by atoms with Crippen LogP contribution in [0.2, 0.25) is 0 Å². The fourth-order valence-corrected chi connectivity index (χ4v) is 2.04. The van der Waals surface area contributed by atoms with Gasteiger partial charge in [-0.3, -0.25) is 14.4 Å². The molecule has 0 radical (unpaired) electrons. The van der Waals surface area contributed by atoms with Crippen molar-refractivity contribution in [3.8, 4) is 0 Å². The molecule has 0 saturated carbocycles. The number of benzene rings is 2. The van der Waals surface area contributed by atoms with E-state index in [2.05, 4.69) is 16.0 Å². The summed E-state index contributed by atoms with van der Waals surface area (Å²) in [6.07, 6.45) is 0.396. The van der Waals surface area contributed by atoms with Crippen molar-refractivity contribution < 1.29 is 14.4 Å². The number of carbonyl (C=O) groups excluding carboxylic acids is 3. The minimum atomic E-state index is -0.275. The molecule has 0 unspecified atom stereocenters. The second-order valence-electron chi connectivity index (χ2n) is 5.20. The molecule has 3 amide bonds. The number of nitrogens with one attached hydrogen (secondary N) is 3. The molecule has 0 spiro atoms. The predicted octanol–water partition coefficient (Wildman–Crippen LogP) is 3.25. The third-order valence-electron chi connectivity index (χ3n) is 3.19. The normalized spacial score (nSPS) is 9.92. The molecule has 0 atom stereocenters. The zero-order valence-electron chi connectivity index (χ0n) is 13.6. The van der Waals surface area contributed by atoms with Gasteiger partial charge >= 0.3 is 0 Å². The molecular formula is C18H19N3O3. The van der Waals surface area contributed by atoms with Crippen molar-refractivity contribution >= 4 is 34.8 Å². The molecule has 0 fully saturated rings. The van der Waals surface area contributed by atoms with Crippen LogP contribution in [0.25, 0.3) is 0 Å². The quantitative estimate of drug-likeness (QED) is 0.788. The van der Waals surface area contributed by atoms with Gasteiger partial charge in [0.25, 0.3) is 5.91 Å². The lowest BCUT2D eigenvalue weighted by atomic mass is 10.2. The van der Waals surface area contributed by atoms with Crippen molar-refractivity contribution in [3.05, 3.63) is 54.1 Å². The van der Waals surface area contributed by atoms with Crippen LogP contribution in [0.3, 0.4) is 0 Å². The molecule has 3 N–H and O–H groups in total. The van der Waals surface area contributed by atoms with Crippen LogP contribution in [0.15, 0.2) is 48.5 Å². The number of rotatable bonds is 5.